The molecular formula is C24H24N6. The lowest BCUT2D eigenvalue weighted by molar-refractivity contribution is 0.639. The minimum atomic E-state index is 0.698. The summed E-state index contributed by atoms with van der Waals surface area (Å²) in [7, 11) is 0. The normalized spacial score (nSPS) is 14.4. The van der Waals surface area contributed by atoms with Crippen molar-refractivity contribution in [2.75, 3.05) is 36.0 Å². The molecule has 1 aliphatic rings. The molecule has 0 unspecified atom stereocenters. The van der Waals surface area contributed by atoms with Gasteiger partial charge in [-0.3, -0.25) is 4.40 Å². The van der Waals surface area contributed by atoms with Crippen molar-refractivity contribution in [3.63, 3.8) is 0 Å². The van der Waals surface area contributed by atoms with E-state index in [1.807, 2.05) is 36.5 Å². The molecule has 0 radical (unpaired) electrons. The van der Waals surface area contributed by atoms with E-state index in [1.165, 1.54) is 0 Å². The van der Waals surface area contributed by atoms with Crippen LogP contribution in [0, 0.1) is 11.3 Å². The summed E-state index contributed by atoms with van der Waals surface area (Å²) < 4.78 is 2.17. The fourth-order valence-electron chi connectivity index (χ4n) is 4.39. The number of para-hydroxylation sites is 2. The van der Waals surface area contributed by atoms with Crippen LogP contribution in [0.2, 0.25) is 0 Å². The molecule has 0 spiro atoms. The minimum Gasteiger partial charge on any atom is -0.354 e. The van der Waals surface area contributed by atoms with Gasteiger partial charge < -0.3 is 9.80 Å². The highest BCUT2D eigenvalue weighted by Crippen LogP contribution is 2.30. The molecular weight excluding hydrogens is 372 g/mol. The highest BCUT2D eigenvalue weighted by atomic mass is 15.3. The molecule has 6 heteroatoms. The van der Waals surface area contributed by atoms with Crippen LogP contribution in [0.5, 0.6) is 0 Å². The topological polar surface area (TPSA) is 60.5 Å². The largest absolute Gasteiger partial charge is 0.354 e. The van der Waals surface area contributed by atoms with E-state index < -0.39 is 0 Å². The van der Waals surface area contributed by atoms with E-state index >= 15 is 0 Å². The highest BCUT2D eigenvalue weighted by molar-refractivity contribution is 5.85. The molecule has 1 fully saturated rings. The number of nitrogens with zero attached hydrogens (tertiary/aromatic N) is 6. The highest BCUT2D eigenvalue weighted by Gasteiger charge is 2.23. The molecule has 4 heterocycles. The summed E-state index contributed by atoms with van der Waals surface area (Å²) in [6.07, 6.45) is 3.72. The molecule has 5 rings (SSSR count). The summed E-state index contributed by atoms with van der Waals surface area (Å²) >= 11 is 0. The van der Waals surface area contributed by atoms with E-state index in [-0.39, 0.29) is 0 Å². The Labute approximate surface area is 176 Å². The Morgan fingerprint density at radius 1 is 1.00 bits per heavy atom. The second-order valence-corrected chi connectivity index (χ2v) is 7.69. The summed E-state index contributed by atoms with van der Waals surface area (Å²) in [5, 5.41) is 9.90. The van der Waals surface area contributed by atoms with Crippen molar-refractivity contribution >= 4 is 28.3 Å². The number of aromatic nitrogens is 3. The molecule has 0 amide bonds. The summed E-state index contributed by atoms with van der Waals surface area (Å²) in [5.41, 5.74) is 4.53. The predicted molar refractivity (Wildman–Crippen MR) is 120 cm³/mol. The summed E-state index contributed by atoms with van der Waals surface area (Å²) in [4.78, 5) is 14.1. The van der Waals surface area contributed by atoms with Gasteiger partial charge in [0.05, 0.1) is 16.6 Å². The zero-order chi connectivity index (χ0) is 20.5. The van der Waals surface area contributed by atoms with Crippen molar-refractivity contribution in [1.82, 2.24) is 14.4 Å². The molecule has 1 aromatic carbocycles. The summed E-state index contributed by atoms with van der Waals surface area (Å²) in [6.45, 7) is 5.77. The number of imidazole rings is 1. The Morgan fingerprint density at radius 2 is 1.77 bits per heavy atom. The van der Waals surface area contributed by atoms with Gasteiger partial charge in [-0.15, -0.1) is 0 Å². The van der Waals surface area contributed by atoms with Crippen LogP contribution in [0.4, 0.5) is 11.6 Å². The van der Waals surface area contributed by atoms with E-state index in [1.54, 1.807) is 0 Å². The number of pyridine rings is 2. The Kier molecular flexibility index (Phi) is 4.72. The van der Waals surface area contributed by atoms with Crippen molar-refractivity contribution in [1.29, 1.82) is 5.26 Å². The van der Waals surface area contributed by atoms with Crippen molar-refractivity contribution < 1.29 is 0 Å². The number of nitriles is 1. The van der Waals surface area contributed by atoms with Crippen LogP contribution in [0.25, 0.3) is 16.7 Å². The van der Waals surface area contributed by atoms with Crippen molar-refractivity contribution in [2.45, 2.75) is 19.8 Å². The van der Waals surface area contributed by atoms with E-state index in [2.05, 4.69) is 50.4 Å². The first kappa shape index (κ1) is 18.4. The van der Waals surface area contributed by atoms with Crippen LogP contribution in [0.3, 0.4) is 0 Å². The number of rotatable bonds is 4. The van der Waals surface area contributed by atoms with Gasteiger partial charge >= 0.3 is 0 Å². The second-order valence-electron chi connectivity index (χ2n) is 7.69. The van der Waals surface area contributed by atoms with Gasteiger partial charge in [-0.2, -0.15) is 5.26 Å². The first-order valence-electron chi connectivity index (χ1n) is 10.5. The van der Waals surface area contributed by atoms with Gasteiger partial charge in [0.2, 0.25) is 0 Å². The molecule has 3 aromatic heterocycles. The quantitative estimate of drug-likeness (QED) is 0.521. The number of hydrogen-bond acceptors (Lipinski definition) is 5. The van der Waals surface area contributed by atoms with Gasteiger partial charge in [-0.1, -0.05) is 31.5 Å². The third-order valence-corrected chi connectivity index (χ3v) is 5.85. The summed E-state index contributed by atoms with van der Waals surface area (Å²) in [5.74, 6) is 2.16. The Balaban J connectivity index is 1.59. The molecule has 0 saturated carbocycles. The van der Waals surface area contributed by atoms with Gasteiger partial charge in [-0.25, -0.2) is 9.97 Å². The number of hydrogen-bond donors (Lipinski definition) is 0. The van der Waals surface area contributed by atoms with Crippen LogP contribution in [-0.4, -0.2) is 40.5 Å². The third-order valence-electron chi connectivity index (χ3n) is 5.85. The Morgan fingerprint density at radius 3 is 2.50 bits per heavy atom. The van der Waals surface area contributed by atoms with Crippen molar-refractivity contribution in [3.8, 4) is 6.07 Å². The van der Waals surface area contributed by atoms with Crippen LogP contribution < -0.4 is 9.80 Å². The van der Waals surface area contributed by atoms with Crippen molar-refractivity contribution in [3.05, 3.63) is 65.9 Å². The predicted octanol–water partition coefficient (Wildman–Crippen LogP) is 4.03. The number of aryl methyl sites for hydroxylation is 1. The molecule has 4 aromatic rings. The Bertz CT molecular complexity index is 1230. The monoisotopic (exact) mass is 396 g/mol. The van der Waals surface area contributed by atoms with E-state index in [0.717, 1.165) is 72.9 Å². The zero-order valence-electron chi connectivity index (χ0n) is 17.1. The van der Waals surface area contributed by atoms with Crippen LogP contribution in [0.15, 0.2) is 54.7 Å². The average Bonchev–Trinajstić information content (AvgIpc) is 3.19. The van der Waals surface area contributed by atoms with Gasteiger partial charge in [0, 0.05) is 32.4 Å². The Hall–Kier alpha value is -3.59. The fraction of sp³-hybridized carbons (Fsp3) is 0.292. The van der Waals surface area contributed by atoms with E-state index in [4.69, 9.17) is 4.98 Å². The van der Waals surface area contributed by atoms with Crippen LogP contribution >= 0.6 is 0 Å². The molecule has 0 bridgehead atoms. The lowest BCUT2D eigenvalue weighted by Crippen LogP contribution is -2.47. The smallest absolute Gasteiger partial charge is 0.157 e. The van der Waals surface area contributed by atoms with Gasteiger partial charge in [-0.05, 0) is 42.3 Å². The molecule has 0 atom stereocenters. The number of fused-ring (bicyclic) bond motifs is 3. The van der Waals surface area contributed by atoms with Crippen LogP contribution in [0.1, 0.15) is 24.5 Å². The number of anilines is 2. The molecule has 1 saturated heterocycles. The number of benzene rings is 1. The first-order chi connectivity index (χ1) is 14.8. The zero-order valence-corrected chi connectivity index (χ0v) is 17.1. The fourth-order valence-corrected chi connectivity index (χ4v) is 4.39. The van der Waals surface area contributed by atoms with Crippen LogP contribution in [-0.2, 0) is 6.42 Å². The van der Waals surface area contributed by atoms with E-state index in [9.17, 15) is 5.26 Å². The maximum atomic E-state index is 9.90. The average molecular weight is 396 g/mol. The maximum Gasteiger partial charge on any atom is 0.157 e. The van der Waals surface area contributed by atoms with Gasteiger partial charge in [0.25, 0.3) is 0 Å². The third kappa shape index (κ3) is 3.03. The van der Waals surface area contributed by atoms with Gasteiger partial charge in [0.15, 0.2) is 5.65 Å². The minimum absolute atomic E-state index is 0.698. The lowest BCUT2D eigenvalue weighted by atomic mass is 10.1. The molecule has 0 aliphatic carbocycles. The maximum absolute atomic E-state index is 9.90. The lowest BCUT2D eigenvalue weighted by Gasteiger charge is -2.37. The molecule has 1 aliphatic heterocycles. The number of piperazine rings is 1. The van der Waals surface area contributed by atoms with E-state index in [0.29, 0.717) is 5.56 Å². The molecule has 30 heavy (non-hydrogen) atoms. The van der Waals surface area contributed by atoms with Crippen molar-refractivity contribution in [2.24, 2.45) is 0 Å². The van der Waals surface area contributed by atoms with Gasteiger partial charge in [0.1, 0.15) is 17.7 Å². The first-order valence-corrected chi connectivity index (χ1v) is 10.5. The summed E-state index contributed by atoms with van der Waals surface area (Å²) in [6, 6.07) is 18.8. The SMILES string of the molecule is CCCc1cc(N2CCN(c3ccccn3)CC2)n2c(nc3ccccc32)c1C#N. The standard InChI is InChI=1S/C24H24N6/c1-2-7-18-16-23(29-14-12-28(13-15-29)22-10-5-6-11-26-22)30-21-9-4-3-8-20(21)27-24(30)19(18)17-25/h3-6,8-11,16H,2,7,12-15H2,1H3. The molecule has 6 nitrogen and oxygen atoms in total. The molecule has 150 valence electrons. The second kappa shape index (κ2) is 7.68. The molecule has 0 N–H and O–H groups in total.